The lowest BCUT2D eigenvalue weighted by molar-refractivity contribution is -0.384. The van der Waals surface area contributed by atoms with Crippen molar-refractivity contribution in [3.8, 4) is 11.5 Å². The molecule has 0 atom stereocenters. The van der Waals surface area contributed by atoms with Crippen LogP contribution in [0.5, 0.6) is 11.5 Å². The van der Waals surface area contributed by atoms with Crippen molar-refractivity contribution >= 4 is 24.1 Å². The minimum absolute atomic E-state index is 0.0424. The van der Waals surface area contributed by atoms with Gasteiger partial charge in [0.1, 0.15) is 18.1 Å². The van der Waals surface area contributed by atoms with Crippen LogP contribution in [-0.4, -0.2) is 33.1 Å². The Morgan fingerprint density at radius 3 is 2.70 bits per heavy atom. The molecule has 0 bridgehead atoms. The van der Waals surface area contributed by atoms with Crippen molar-refractivity contribution in [2.24, 2.45) is 5.10 Å². The standard InChI is InChI=1S/C18H15F2N5O4S/c1-28-15-7-2-11(9-21-24-17(16(19)20)22-23-18(24)30)8-12(15)10-29-14-5-3-13(4-6-14)25(26)27/h2-9,16H,10H2,1H3,(H,23,30)/b21-9+. The lowest BCUT2D eigenvalue weighted by Crippen LogP contribution is -2.02. The van der Waals surface area contributed by atoms with Crippen LogP contribution < -0.4 is 9.47 Å². The van der Waals surface area contributed by atoms with Gasteiger partial charge in [-0.15, -0.1) is 0 Å². The third-order valence-corrected chi connectivity index (χ3v) is 4.20. The number of nitrogens with one attached hydrogen (secondary N) is 1. The van der Waals surface area contributed by atoms with Crippen molar-refractivity contribution in [2.45, 2.75) is 13.0 Å². The molecule has 1 heterocycles. The van der Waals surface area contributed by atoms with Crippen LogP contribution in [0.4, 0.5) is 14.5 Å². The van der Waals surface area contributed by atoms with E-state index in [9.17, 15) is 18.9 Å². The van der Waals surface area contributed by atoms with Crippen molar-refractivity contribution in [3.63, 3.8) is 0 Å². The summed E-state index contributed by atoms with van der Waals surface area (Å²) in [5.41, 5.74) is 1.20. The number of ether oxygens (including phenoxy) is 2. The molecule has 0 unspecified atom stereocenters. The number of rotatable bonds is 8. The number of alkyl halides is 2. The largest absolute Gasteiger partial charge is 0.496 e. The Kier molecular flexibility index (Phi) is 6.47. The average Bonchev–Trinajstić information content (AvgIpc) is 3.11. The van der Waals surface area contributed by atoms with Crippen LogP contribution in [0.3, 0.4) is 0 Å². The molecule has 0 aliphatic heterocycles. The first kappa shape index (κ1) is 21.0. The Labute approximate surface area is 173 Å². The van der Waals surface area contributed by atoms with Gasteiger partial charge in [-0.05, 0) is 48.1 Å². The number of hydrogen-bond donors (Lipinski definition) is 1. The molecular formula is C18H15F2N5O4S. The summed E-state index contributed by atoms with van der Waals surface area (Å²) in [5.74, 6) is 0.391. The van der Waals surface area contributed by atoms with Gasteiger partial charge in [0, 0.05) is 17.7 Å². The number of nitrogens with zero attached hydrogens (tertiary/aromatic N) is 4. The Balaban J connectivity index is 1.79. The average molecular weight is 435 g/mol. The number of benzene rings is 2. The predicted molar refractivity (Wildman–Crippen MR) is 106 cm³/mol. The molecule has 0 aliphatic rings. The lowest BCUT2D eigenvalue weighted by atomic mass is 10.1. The maximum Gasteiger partial charge on any atom is 0.299 e. The molecule has 3 rings (SSSR count). The number of aromatic nitrogens is 3. The van der Waals surface area contributed by atoms with Gasteiger partial charge in [-0.1, -0.05) is 0 Å². The van der Waals surface area contributed by atoms with Gasteiger partial charge in [-0.2, -0.15) is 14.9 Å². The zero-order valence-corrected chi connectivity index (χ0v) is 16.3. The van der Waals surface area contributed by atoms with Crippen molar-refractivity contribution in [1.29, 1.82) is 0 Å². The predicted octanol–water partition coefficient (Wildman–Crippen LogP) is 4.26. The van der Waals surface area contributed by atoms with Gasteiger partial charge in [-0.25, -0.2) is 13.9 Å². The number of nitro groups is 1. The molecule has 0 spiro atoms. The highest BCUT2D eigenvalue weighted by molar-refractivity contribution is 7.71. The second kappa shape index (κ2) is 9.22. The Morgan fingerprint density at radius 1 is 1.33 bits per heavy atom. The Morgan fingerprint density at radius 2 is 2.07 bits per heavy atom. The summed E-state index contributed by atoms with van der Waals surface area (Å²) in [6, 6.07) is 10.7. The molecule has 0 saturated heterocycles. The highest BCUT2D eigenvalue weighted by Gasteiger charge is 2.16. The lowest BCUT2D eigenvalue weighted by Gasteiger charge is -2.11. The van der Waals surface area contributed by atoms with E-state index < -0.39 is 17.2 Å². The van der Waals surface area contributed by atoms with Crippen LogP contribution in [0, 0.1) is 14.9 Å². The van der Waals surface area contributed by atoms with E-state index in [1.54, 1.807) is 18.2 Å². The van der Waals surface area contributed by atoms with Crippen LogP contribution in [0.15, 0.2) is 47.6 Å². The van der Waals surface area contributed by atoms with Gasteiger partial charge < -0.3 is 9.47 Å². The first-order valence-corrected chi connectivity index (χ1v) is 8.84. The third-order valence-electron chi connectivity index (χ3n) is 3.94. The topological polar surface area (TPSA) is 108 Å². The van der Waals surface area contributed by atoms with E-state index in [-0.39, 0.29) is 17.1 Å². The van der Waals surface area contributed by atoms with E-state index in [0.717, 1.165) is 4.68 Å². The number of halogens is 2. The molecule has 0 amide bonds. The molecule has 1 N–H and O–H groups in total. The highest BCUT2D eigenvalue weighted by Crippen LogP contribution is 2.23. The first-order valence-electron chi connectivity index (χ1n) is 8.43. The maximum absolute atomic E-state index is 13.0. The quantitative estimate of drug-likeness (QED) is 0.245. The van der Waals surface area contributed by atoms with Gasteiger partial charge in [0.2, 0.25) is 10.6 Å². The maximum atomic E-state index is 13.0. The summed E-state index contributed by atoms with van der Waals surface area (Å²) in [6.45, 7) is 0.107. The molecule has 0 radical (unpaired) electrons. The van der Waals surface area contributed by atoms with Crippen LogP contribution in [-0.2, 0) is 6.61 Å². The number of hydrogen-bond acceptors (Lipinski definition) is 7. The second-order valence-corrected chi connectivity index (χ2v) is 6.24. The van der Waals surface area contributed by atoms with Crippen molar-refractivity contribution in [3.05, 3.63) is 74.3 Å². The smallest absolute Gasteiger partial charge is 0.299 e. The molecular weight excluding hydrogens is 420 g/mol. The summed E-state index contributed by atoms with van der Waals surface area (Å²) in [5, 5.41) is 20.4. The summed E-state index contributed by atoms with van der Waals surface area (Å²) in [7, 11) is 1.50. The Bertz CT molecular complexity index is 1130. The van der Waals surface area contributed by atoms with E-state index in [4.69, 9.17) is 21.7 Å². The number of H-pyrrole nitrogens is 1. The molecule has 0 fully saturated rings. The van der Waals surface area contributed by atoms with E-state index in [0.29, 0.717) is 22.6 Å². The fourth-order valence-corrected chi connectivity index (χ4v) is 2.68. The SMILES string of the molecule is COc1ccc(/C=N/n2c(C(F)F)n[nH]c2=S)cc1COc1ccc([N+](=O)[O-])cc1. The zero-order chi connectivity index (χ0) is 21.7. The summed E-state index contributed by atoms with van der Waals surface area (Å²) >= 11 is 4.91. The molecule has 9 nitrogen and oxygen atoms in total. The molecule has 30 heavy (non-hydrogen) atoms. The minimum atomic E-state index is -2.84. The fourth-order valence-electron chi connectivity index (χ4n) is 2.50. The Hall–Kier alpha value is -3.67. The molecule has 0 saturated carbocycles. The first-order chi connectivity index (χ1) is 14.4. The van der Waals surface area contributed by atoms with Crippen molar-refractivity contribution < 1.29 is 23.2 Å². The minimum Gasteiger partial charge on any atom is -0.496 e. The van der Waals surface area contributed by atoms with E-state index >= 15 is 0 Å². The monoisotopic (exact) mass is 435 g/mol. The van der Waals surface area contributed by atoms with Gasteiger partial charge in [0.25, 0.3) is 12.1 Å². The van der Waals surface area contributed by atoms with E-state index in [2.05, 4.69) is 15.3 Å². The van der Waals surface area contributed by atoms with Crippen LogP contribution in [0.1, 0.15) is 23.4 Å². The van der Waals surface area contributed by atoms with E-state index in [1.807, 2.05) is 0 Å². The van der Waals surface area contributed by atoms with Gasteiger partial charge >= 0.3 is 0 Å². The van der Waals surface area contributed by atoms with Crippen molar-refractivity contribution in [1.82, 2.24) is 14.9 Å². The molecule has 0 aliphatic carbocycles. The molecule has 3 aromatic rings. The number of aromatic amines is 1. The highest BCUT2D eigenvalue weighted by atomic mass is 32.1. The number of nitro benzene ring substituents is 1. The molecule has 1 aromatic heterocycles. The van der Waals surface area contributed by atoms with E-state index in [1.165, 1.54) is 37.6 Å². The molecule has 12 heteroatoms. The molecule has 156 valence electrons. The van der Waals surface area contributed by atoms with Crippen LogP contribution >= 0.6 is 12.2 Å². The van der Waals surface area contributed by atoms with Gasteiger partial charge in [0.05, 0.1) is 18.2 Å². The van der Waals surface area contributed by atoms with Crippen LogP contribution in [0.25, 0.3) is 0 Å². The molecule has 2 aromatic carbocycles. The third kappa shape index (κ3) is 4.84. The second-order valence-electron chi connectivity index (χ2n) is 5.85. The zero-order valence-electron chi connectivity index (χ0n) is 15.5. The van der Waals surface area contributed by atoms with Crippen molar-refractivity contribution in [2.75, 3.05) is 7.11 Å². The normalized spacial score (nSPS) is 11.2. The van der Waals surface area contributed by atoms with Gasteiger partial charge in [0.15, 0.2) is 0 Å². The summed E-state index contributed by atoms with van der Waals surface area (Å²) in [6.07, 6.45) is -1.48. The van der Waals surface area contributed by atoms with Gasteiger partial charge in [-0.3, -0.25) is 10.1 Å². The number of methoxy groups -OCH3 is 1. The summed E-state index contributed by atoms with van der Waals surface area (Å²) < 4.78 is 37.7. The number of non-ortho nitro benzene ring substituents is 1. The fraction of sp³-hybridized carbons (Fsp3) is 0.167. The van der Waals surface area contributed by atoms with Crippen LogP contribution in [0.2, 0.25) is 0 Å². The summed E-state index contributed by atoms with van der Waals surface area (Å²) in [4.78, 5) is 10.2.